The minimum Gasteiger partial charge on any atom is -0.322 e. The Morgan fingerprint density at radius 1 is 1.22 bits per heavy atom. The summed E-state index contributed by atoms with van der Waals surface area (Å²) < 4.78 is 0. The topological polar surface area (TPSA) is 89.3 Å². The zero-order valence-electron chi connectivity index (χ0n) is 12.5. The normalized spacial score (nSPS) is 11.1. The van der Waals surface area contributed by atoms with Gasteiger partial charge < -0.3 is 5.32 Å². The van der Waals surface area contributed by atoms with Gasteiger partial charge in [0.2, 0.25) is 0 Å². The number of benzene rings is 1. The second kappa shape index (κ2) is 6.97. The van der Waals surface area contributed by atoms with E-state index in [-0.39, 0.29) is 17.0 Å². The second-order valence-electron chi connectivity index (χ2n) is 4.84. The molecule has 0 aliphatic heterocycles. The molecular formula is C16H14N2O4S. The molecular weight excluding hydrogens is 316 g/mol. The average Bonchev–Trinajstić information content (AvgIpc) is 2.90. The van der Waals surface area contributed by atoms with Gasteiger partial charge in [-0.15, -0.1) is 11.3 Å². The van der Waals surface area contributed by atoms with Crippen molar-refractivity contribution in [1.82, 2.24) is 0 Å². The van der Waals surface area contributed by atoms with E-state index in [4.69, 9.17) is 0 Å². The highest BCUT2D eigenvalue weighted by Gasteiger charge is 2.16. The van der Waals surface area contributed by atoms with E-state index in [1.807, 2.05) is 18.4 Å². The van der Waals surface area contributed by atoms with Crippen LogP contribution in [-0.2, 0) is 9.59 Å². The molecule has 1 heterocycles. The Kier molecular flexibility index (Phi) is 5.02. The molecule has 1 amide bonds. The third-order valence-electron chi connectivity index (χ3n) is 3.14. The Morgan fingerprint density at radius 2 is 1.87 bits per heavy atom. The van der Waals surface area contributed by atoms with E-state index in [1.54, 1.807) is 6.08 Å². The number of carbonyl (C=O) groups is 2. The fourth-order valence-corrected chi connectivity index (χ4v) is 2.71. The Bertz CT molecular complexity index is 791. The number of anilines is 1. The van der Waals surface area contributed by atoms with Crippen LogP contribution in [0.5, 0.6) is 0 Å². The summed E-state index contributed by atoms with van der Waals surface area (Å²) >= 11 is 1.44. The number of rotatable bonds is 5. The molecule has 1 N–H and O–H groups in total. The number of carbonyl (C=O) groups excluding carboxylic acids is 2. The van der Waals surface area contributed by atoms with E-state index < -0.39 is 10.8 Å². The highest BCUT2D eigenvalue weighted by Crippen LogP contribution is 2.21. The largest absolute Gasteiger partial charge is 0.322 e. The molecule has 0 aliphatic rings. The number of hydrogen-bond donors (Lipinski definition) is 1. The van der Waals surface area contributed by atoms with Crippen molar-refractivity contribution in [3.8, 4) is 0 Å². The van der Waals surface area contributed by atoms with E-state index in [9.17, 15) is 19.7 Å². The van der Waals surface area contributed by atoms with Crippen LogP contribution in [0.2, 0.25) is 0 Å². The van der Waals surface area contributed by atoms with Crippen molar-refractivity contribution in [2.45, 2.75) is 13.8 Å². The van der Waals surface area contributed by atoms with Crippen molar-refractivity contribution < 1.29 is 14.5 Å². The van der Waals surface area contributed by atoms with Crippen LogP contribution in [0.25, 0.3) is 6.08 Å². The number of ketones is 1. The van der Waals surface area contributed by atoms with E-state index in [1.165, 1.54) is 42.5 Å². The first-order valence-corrected chi connectivity index (χ1v) is 7.59. The van der Waals surface area contributed by atoms with Gasteiger partial charge in [-0.2, -0.15) is 0 Å². The van der Waals surface area contributed by atoms with Crippen LogP contribution in [0.1, 0.15) is 17.4 Å². The molecule has 0 aliphatic carbocycles. The van der Waals surface area contributed by atoms with Crippen molar-refractivity contribution in [3.05, 3.63) is 61.8 Å². The van der Waals surface area contributed by atoms with Gasteiger partial charge in [0.1, 0.15) is 0 Å². The maximum atomic E-state index is 12.3. The number of non-ortho nitro benzene ring substituents is 1. The molecule has 0 unspecified atom stereocenters. The van der Waals surface area contributed by atoms with Gasteiger partial charge in [-0.05, 0) is 49.1 Å². The van der Waals surface area contributed by atoms with Crippen LogP contribution in [0, 0.1) is 17.0 Å². The van der Waals surface area contributed by atoms with Gasteiger partial charge in [0, 0.05) is 22.7 Å². The minimum atomic E-state index is -0.542. The SMILES string of the molecule is CC(=O)/C(=C\c1sccc1C)C(=O)Nc1ccc([N+](=O)[O-])cc1. The van der Waals surface area contributed by atoms with Crippen molar-refractivity contribution >= 4 is 40.5 Å². The third-order valence-corrected chi connectivity index (χ3v) is 4.10. The molecule has 7 heteroatoms. The molecule has 6 nitrogen and oxygen atoms in total. The summed E-state index contributed by atoms with van der Waals surface area (Å²) in [5.74, 6) is -0.892. The molecule has 1 aromatic carbocycles. The van der Waals surface area contributed by atoms with Gasteiger partial charge in [-0.3, -0.25) is 19.7 Å². The first-order valence-electron chi connectivity index (χ1n) is 6.71. The molecule has 2 aromatic rings. The number of aryl methyl sites for hydroxylation is 1. The van der Waals surface area contributed by atoms with Crippen molar-refractivity contribution in [2.24, 2.45) is 0 Å². The minimum absolute atomic E-state index is 0.0360. The summed E-state index contributed by atoms with van der Waals surface area (Å²) in [6.45, 7) is 3.22. The van der Waals surface area contributed by atoms with Crippen LogP contribution in [0.15, 0.2) is 41.3 Å². The third kappa shape index (κ3) is 4.10. The van der Waals surface area contributed by atoms with Crippen molar-refractivity contribution in [1.29, 1.82) is 0 Å². The molecule has 118 valence electrons. The lowest BCUT2D eigenvalue weighted by Gasteiger charge is -2.06. The van der Waals surface area contributed by atoms with Crippen LogP contribution in [0.3, 0.4) is 0 Å². The Morgan fingerprint density at radius 3 is 2.35 bits per heavy atom. The summed E-state index contributed by atoms with van der Waals surface area (Å²) in [5, 5.41) is 15.1. The number of nitro benzene ring substituents is 1. The summed E-state index contributed by atoms with van der Waals surface area (Å²) in [4.78, 5) is 35.0. The van der Waals surface area contributed by atoms with Gasteiger partial charge >= 0.3 is 0 Å². The fraction of sp³-hybridized carbons (Fsp3) is 0.125. The molecule has 1 aromatic heterocycles. The predicted octanol–water partition coefficient (Wildman–Crippen LogP) is 3.58. The number of amides is 1. The molecule has 0 spiro atoms. The molecule has 0 bridgehead atoms. The quantitative estimate of drug-likeness (QED) is 0.298. The maximum absolute atomic E-state index is 12.3. The molecule has 0 radical (unpaired) electrons. The van der Waals surface area contributed by atoms with Crippen LogP contribution in [-0.4, -0.2) is 16.6 Å². The van der Waals surface area contributed by atoms with Gasteiger partial charge in [-0.25, -0.2) is 0 Å². The van der Waals surface area contributed by atoms with Crippen molar-refractivity contribution in [2.75, 3.05) is 5.32 Å². The summed E-state index contributed by atoms with van der Waals surface area (Å²) in [6, 6.07) is 7.32. The van der Waals surface area contributed by atoms with Crippen molar-refractivity contribution in [3.63, 3.8) is 0 Å². The zero-order valence-corrected chi connectivity index (χ0v) is 13.3. The Hall–Kier alpha value is -2.80. The summed E-state index contributed by atoms with van der Waals surface area (Å²) in [5.41, 5.74) is 1.33. The lowest BCUT2D eigenvalue weighted by Crippen LogP contribution is -2.18. The van der Waals surface area contributed by atoms with E-state index in [0.717, 1.165) is 10.4 Å². The first kappa shape index (κ1) is 16.6. The molecule has 0 atom stereocenters. The number of Topliss-reactive ketones (excluding diaryl/α,β-unsaturated/α-hetero) is 1. The first-order chi connectivity index (χ1) is 10.9. The number of nitrogens with zero attached hydrogens (tertiary/aromatic N) is 1. The lowest BCUT2D eigenvalue weighted by atomic mass is 10.1. The van der Waals surface area contributed by atoms with E-state index >= 15 is 0 Å². The average molecular weight is 330 g/mol. The van der Waals surface area contributed by atoms with Crippen LogP contribution in [0.4, 0.5) is 11.4 Å². The number of nitro groups is 1. The lowest BCUT2D eigenvalue weighted by molar-refractivity contribution is -0.384. The molecule has 0 saturated heterocycles. The summed E-state index contributed by atoms with van der Waals surface area (Å²) in [6.07, 6.45) is 1.56. The Labute approximate surface area is 136 Å². The van der Waals surface area contributed by atoms with Crippen LogP contribution >= 0.6 is 11.3 Å². The zero-order chi connectivity index (χ0) is 17.0. The molecule has 2 rings (SSSR count). The van der Waals surface area contributed by atoms with Crippen LogP contribution < -0.4 is 5.32 Å². The van der Waals surface area contributed by atoms with Gasteiger partial charge in [0.25, 0.3) is 11.6 Å². The Balaban J connectivity index is 2.22. The molecule has 0 fully saturated rings. The van der Waals surface area contributed by atoms with Gasteiger partial charge in [0.05, 0.1) is 10.5 Å². The summed E-state index contributed by atoms with van der Waals surface area (Å²) in [7, 11) is 0. The fourth-order valence-electron chi connectivity index (χ4n) is 1.86. The molecule has 23 heavy (non-hydrogen) atoms. The van der Waals surface area contributed by atoms with Gasteiger partial charge in [-0.1, -0.05) is 0 Å². The maximum Gasteiger partial charge on any atom is 0.269 e. The van der Waals surface area contributed by atoms with Gasteiger partial charge in [0.15, 0.2) is 5.78 Å². The van der Waals surface area contributed by atoms with E-state index in [2.05, 4.69) is 5.32 Å². The van der Waals surface area contributed by atoms with E-state index in [0.29, 0.717) is 5.69 Å². The highest BCUT2D eigenvalue weighted by atomic mass is 32.1. The smallest absolute Gasteiger partial charge is 0.269 e. The predicted molar refractivity (Wildman–Crippen MR) is 89.4 cm³/mol. The number of hydrogen-bond acceptors (Lipinski definition) is 5. The second-order valence-corrected chi connectivity index (χ2v) is 5.79. The molecule has 0 saturated carbocycles. The number of nitrogens with one attached hydrogen (secondary N) is 1. The highest BCUT2D eigenvalue weighted by molar-refractivity contribution is 7.11. The monoisotopic (exact) mass is 330 g/mol. The number of thiophene rings is 1. The standard InChI is InChI=1S/C16H14N2O4S/c1-10-7-8-23-15(10)9-14(11(2)19)16(20)17-12-3-5-13(6-4-12)18(21)22/h3-9H,1-2H3,(H,17,20)/b14-9+.